The van der Waals surface area contributed by atoms with Crippen LogP contribution >= 0.6 is 0 Å². The van der Waals surface area contributed by atoms with Crippen LogP contribution in [0, 0.1) is 10.1 Å². The number of esters is 1. The molecule has 0 unspecified atom stereocenters. The van der Waals surface area contributed by atoms with Gasteiger partial charge in [0, 0.05) is 30.2 Å². The molecule has 0 amide bonds. The molecule has 0 N–H and O–H groups in total. The van der Waals surface area contributed by atoms with Gasteiger partial charge in [-0.1, -0.05) is 12.1 Å². The number of carbonyl (C=O) groups is 2. The van der Waals surface area contributed by atoms with E-state index in [2.05, 4.69) is 0 Å². The fourth-order valence-electron chi connectivity index (χ4n) is 1.77. The molecular formula is C15H11NO5. The number of hydrogen-bond donors (Lipinski definition) is 0. The molecule has 0 radical (unpaired) electrons. The van der Waals surface area contributed by atoms with Gasteiger partial charge in [-0.25, -0.2) is 0 Å². The van der Waals surface area contributed by atoms with Gasteiger partial charge in [0.25, 0.3) is 5.69 Å². The summed E-state index contributed by atoms with van der Waals surface area (Å²) < 4.78 is 4.87. The Morgan fingerprint density at radius 2 is 1.71 bits per heavy atom. The molecule has 0 aromatic heterocycles. The Hall–Kier alpha value is -3.02. The average molecular weight is 285 g/mol. The van der Waals surface area contributed by atoms with Gasteiger partial charge in [0.15, 0.2) is 5.78 Å². The maximum atomic E-state index is 12.2. The highest BCUT2D eigenvalue weighted by Crippen LogP contribution is 2.18. The van der Waals surface area contributed by atoms with Crippen LogP contribution < -0.4 is 4.74 Å². The molecule has 0 heterocycles. The minimum atomic E-state index is -0.555. The molecule has 0 bridgehead atoms. The van der Waals surface area contributed by atoms with Crippen molar-refractivity contribution < 1.29 is 19.2 Å². The number of non-ortho nitro benzene ring substituents is 1. The number of carbonyl (C=O) groups excluding carboxylic acids is 2. The third-order valence-corrected chi connectivity index (χ3v) is 2.70. The first-order valence-corrected chi connectivity index (χ1v) is 6.05. The fourth-order valence-corrected chi connectivity index (χ4v) is 1.77. The zero-order valence-electron chi connectivity index (χ0n) is 11.1. The van der Waals surface area contributed by atoms with Crippen LogP contribution in [0.1, 0.15) is 22.8 Å². The number of ether oxygens (including phenoxy) is 1. The van der Waals surface area contributed by atoms with E-state index in [1.165, 1.54) is 55.5 Å². The lowest BCUT2D eigenvalue weighted by molar-refractivity contribution is -0.384. The minimum absolute atomic E-state index is 0.141. The van der Waals surface area contributed by atoms with E-state index in [9.17, 15) is 19.7 Å². The number of ketones is 1. The van der Waals surface area contributed by atoms with Gasteiger partial charge < -0.3 is 4.74 Å². The third-order valence-electron chi connectivity index (χ3n) is 2.70. The van der Waals surface area contributed by atoms with Crippen LogP contribution in [-0.4, -0.2) is 16.7 Å². The van der Waals surface area contributed by atoms with E-state index in [0.717, 1.165) is 0 Å². The maximum absolute atomic E-state index is 12.2. The summed E-state index contributed by atoms with van der Waals surface area (Å²) in [6.07, 6.45) is 0. The topological polar surface area (TPSA) is 86.5 Å². The van der Waals surface area contributed by atoms with Crippen molar-refractivity contribution in [2.45, 2.75) is 6.92 Å². The molecule has 2 aromatic carbocycles. The summed E-state index contributed by atoms with van der Waals surface area (Å²) in [6.45, 7) is 1.28. The molecule has 21 heavy (non-hydrogen) atoms. The monoisotopic (exact) mass is 285 g/mol. The van der Waals surface area contributed by atoms with Gasteiger partial charge in [-0.05, 0) is 24.3 Å². The summed E-state index contributed by atoms with van der Waals surface area (Å²) in [4.78, 5) is 33.2. The van der Waals surface area contributed by atoms with Gasteiger partial charge in [0.1, 0.15) is 5.75 Å². The fraction of sp³-hybridized carbons (Fsp3) is 0.0667. The van der Waals surface area contributed by atoms with Crippen LogP contribution in [0.15, 0.2) is 48.5 Å². The van der Waals surface area contributed by atoms with E-state index in [1.54, 1.807) is 0 Å². The van der Waals surface area contributed by atoms with Gasteiger partial charge in [-0.3, -0.25) is 19.7 Å². The number of rotatable bonds is 4. The SMILES string of the molecule is CC(=O)Oc1ccc(C(=O)c2cccc([N+](=O)[O-])c2)cc1. The summed E-state index contributed by atoms with van der Waals surface area (Å²) in [5.41, 5.74) is 0.438. The second kappa shape index (κ2) is 5.96. The Bertz CT molecular complexity index is 706. The predicted octanol–water partition coefficient (Wildman–Crippen LogP) is 2.75. The lowest BCUT2D eigenvalue weighted by atomic mass is 10.0. The molecule has 106 valence electrons. The highest BCUT2D eigenvalue weighted by atomic mass is 16.6. The second-order valence-corrected chi connectivity index (χ2v) is 4.25. The number of nitrogens with zero attached hydrogens (tertiary/aromatic N) is 1. The quantitative estimate of drug-likeness (QED) is 0.283. The summed E-state index contributed by atoms with van der Waals surface area (Å²) in [7, 11) is 0. The predicted molar refractivity (Wildman–Crippen MR) is 74.3 cm³/mol. The van der Waals surface area contributed by atoms with E-state index >= 15 is 0 Å². The molecule has 0 spiro atoms. The number of hydrogen-bond acceptors (Lipinski definition) is 5. The standard InChI is InChI=1S/C15H11NO5/c1-10(17)21-14-7-5-11(6-8-14)15(18)12-3-2-4-13(9-12)16(19)20/h2-9H,1H3. The van der Waals surface area contributed by atoms with Crippen molar-refractivity contribution in [2.75, 3.05) is 0 Å². The first-order valence-electron chi connectivity index (χ1n) is 6.05. The van der Waals surface area contributed by atoms with Crippen molar-refractivity contribution in [3.05, 3.63) is 69.8 Å². The van der Waals surface area contributed by atoms with Gasteiger partial charge in [-0.2, -0.15) is 0 Å². The van der Waals surface area contributed by atoms with Crippen LogP contribution in [0.3, 0.4) is 0 Å². The van der Waals surface area contributed by atoms with Crippen LogP contribution in [0.2, 0.25) is 0 Å². The molecule has 2 rings (SSSR count). The summed E-state index contributed by atoms with van der Waals surface area (Å²) in [5, 5.41) is 10.7. The van der Waals surface area contributed by atoms with Gasteiger partial charge in [-0.15, -0.1) is 0 Å². The van der Waals surface area contributed by atoms with Crippen LogP contribution in [-0.2, 0) is 4.79 Å². The van der Waals surface area contributed by atoms with Gasteiger partial charge >= 0.3 is 5.97 Å². The molecule has 0 saturated carbocycles. The number of benzene rings is 2. The van der Waals surface area contributed by atoms with Crippen molar-refractivity contribution >= 4 is 17.4 Å². The highest BCUT2D eigenvalue weighted by Gasteiger charge is 2.13. The van der Waals surface area contributed by atoms with E-state index in [1.807, 2.05) is 0 Å². The van der Waals surface area contributed by atoms with Crippen LogP contribution in [0.25, 0.3) is 0 Å². The highest BCUT2D eigenvalue weighted by molar-refractivity contribution is 6.09. The van der Waals surface area contributed by atoms with Crippen molar-refractivity contribution in [1.29, 1.82) is 0 Å². The Morgan fingerprint density at radius 3 is 2.29 bits per heavy atom. The van der Waals surface area contributed by atoms with E-state index in [4.69, 9.17) is 4.74 Å². The van der Waals surface area contributed by atoms with Crippen molar-refractivity contribution in [1.82, 2.24) is 0 Å². The molecule has 0 saturated heterocycles. The Balaban J connectivity index is 2.25. The Kier molecular flexibility index (Phi) is 4.08. The second-order valence-electron chi connectivity index (χ2n) is 4.25. The normalized spacial score (nSPS) is 9.95. The number of nitro groups is 1. The summed E-state index contributed by atoms with van der Waals surface area (Å²) >= 11 is 0. The molecule has 0 fully saturated rings. The van der Waals surface area contributed by atoms with Crippen LogP contribution in [0.4, 0.5) is 5.69 Å². The molecule has 0 aliphatic heterocycles. The zero-order chi connectivity index (χ0) is 15.4. The van der Waals surface area contributed by atoms with Gasteiger partial charge in [0.2, 0.25) is 0 Å². The van der Waals surface area contributed by atoms with Crippen molar-refractivity contribution in [3.63, 3.8) is 0 Å². The van der Waals surface area contributed by atoms with Crippen molar-refractivity contribution in [2.24, 2.45) is 0 Å². The Labute approximate surface area is 120 Å². The smallest absolute Gasteiger partial charge is 0.308 e. The third kappa shape index (κ3) is 3.50. The molecule has 6 nitrogen and oxygen atoms in total. The first kappa shape index (κ1) is 14.4. The van der Waals surface area contributed by atoms with Crippen LogP contribution in [0.5, 0.6) is 5.75 Å². The van der Waals surface area contributed by atoms with E-state index in [-0.39, 0.29) is 17.0 Å². The number of nitro benzene ring substituents is 1. The largest absolute Gasteiger partial charge is 0.427 e. The maximum Gasteiger partial charge on any atom is 0.308 e. The Morgan fingerprint density at radius 1 is 1.05 bits per heavy atom. The summed E-state index contributed by atoms with van der Waals surface area (Å²) in [6, 6.07) is 11.5. The van der Waals surface area contributed by atoms with E-state index in [0.29, 0.717) is 11.3 Å². The van der Waals surface area contributed by atoms with Gasteiger partial charge in [0.05, 0.1) is 4.92 Å². The zero-order valence-corrected chi connectivity index (χ0v) is 11.1. The average Bonchev–Trinajstić information content (AvgIpc) is 2.47. The molecule has 0 aliphatic rings. The first-order chi connectivity index (χ1) is 9.97. The lowest BCUT2D eigenvalue weighted by Gasteiger charge is -2.04. The minimum Gasteiger partial charge on any atom is -0.427 e. The molecule has 6 heteroatoms. The molecule has 2 aromatic rings. The van der Waals surface area contributed by atoms with E-state index < -0.39 is 10.9 Å². The molecule has 0 aliphatic carbocycles. The molecular weight excluding hydrogens is 274 g/mol. The van der Waals surface area contributed by atoms with Crippen molar-refractivity contribution in [3.8, 4) is 5.75 Å². The lowest BCUT2D eigenvalue weighted by Crippen LogP contribution is -2.04. The summed E-state index contributed by atoms with van der Waals surface area (Å²) in [5.74, 6) is -0.459. The molecule has 0 atom stereocenters.